The van der Waals surface area contributed by atoms with Crippen LogP contribution in [0.1, 0.15) is 18.9 Å². The monoisotopic (exact) mass is 248 g/mol. The number of hydrogen-bond donors (Lipinski definition) is 1. The molecule has 0 saturated carbocycles. The first-order valence-corrected chi connectivity index (χ1v) is 5.80. The molecule has 96 valence electrons. The van der Waals surface area contributed by atoms with E-state index in [4.69, 9.17) is 9.47 Å². The summed E-state index contributed by atoms with van der Waals surface area (Å²) in [5.41, 5.74) is 0.817. The maximum Gasteiger partial charge on any atom is 0.250 e. The van der Waals surface area contributed by atoms with Crippen LogP contribution in [0.4, 0.5) is 0 Å². The van der Waals surface area contributed by atoms with Gasteiger partial charge in [0.25, 0.3) is 0 Å². The predicted octanol–water partition coefficient (Wildman–Crippen LogP) is 1.36. The van der Waals surface area contributed by atoms with Crippen LogP contribution in [-0.2, 0) is 4.79 Å². The van der Waals surface area contributed by atoms with Crippen molar-refractivity contribution in [3.05, 3.63) is 23.8 Å². The van der Waals surface area contributed by atoms with E-state index in [9.17, 15) is 4.79 Å². The lowest BCUT2D eigenvalue weighted by molar-refractivity contribution is -0.120. The van der Waals surface area contributed by atoms with Gasteiger partial charge in [-0.25, -0.2) is 0 Å². The van der Waals surface area contributed by atoms with Crippen molar-refractivity contribution in [2.45, 2.75) is 19.4 Å². The minimum atomic E-state index is -0.284. The number of carbonyl (C=O) groups excluding carboxylic acids is 1. The average molecular weight is 248 g/mol. The zero-order valence-electron chi connectivity index (χ0n) is 10.7. The number of nitrogens with zero attached hydrogens (tertiary/aromatic N) is 1. The van der Waals surface area contributed by atoms with Crippen molar-refractivity contribution in [2.24, 2.45) is 4.99 Å². The topological polar surface area (TPSA) is 59.9 Å². The molecule has 5 nitrogen and oxygen atoms in total. The van der Waals surface area contributed by atoms with Crippen molar-refractivity contribution < 1.29 is 14.3 Å². The quantitative estimate of drug-likeness (QED) is 0.875. The maximum atomic E-state index is 11.6. The van der Waals surface area contributed by atoms with E-state index in [1.54, 1.807) is 26.4 Å². The molecule has 0 radical (unpaired) electrons. The summed E-state index contributed by atoms with van der Waals surface area (Å²) in [6.45, 7) is 1.94. The molecule has 2 rings (SSSR count). The molecular weight excluding hydrogens is 232 g/mol. The number of nitrogens with one attached hydrogen (secondary N) is 1. The molecule has 1 atom stereocenters. The van der Waals surface area contributed by atoms with Crippen LogP contribution in [0.3, 0.4) is 0 Å². The van der Waals surface area contributed by atoms with E-state index in [0.29, 0.717) is 23.8 Å². The van der Waals surface area contributed by atoms with E-state index in [0.717, 1.165) is 5.56 Å². The summed E-state index contributed by atoms with van der Waals surface area (Å²) in [6, 6.07) is 5.16. The lowest BCUT2D eigenvalue weighted by Crippen LogP contribution is -2.28. The highest BCUT2D eigenvalue weighted by molar-refractivity contribution is 6.13. The van der Waals surface area contributed by atoms with E-state index >= 15 is 0 Å². The Labute approximate surface area is 106 Å². The fraction of sp³-hybridized carbons (Fsp3) is 0.385. The highest BCUT2D eigenvalue weighted by Crippen LogP contribution is 2.28. The van der Waals surface area contributed by atoms with Crippen molar-refractivity contribution in [3.63, 3.8) is 0 Å². The van der Waals surface area contributed by atoms with Crippen LogP contribution in [0.25, 0.3) is 0 Å². The molecule has 1 unspecified atom stereocenters. The van der Waals surface area contributed by atoms with Crippen molar-refractivity contribution in [1.82, 2.24) is 5.32 Å². The highest BCUT2D eigenvalue weighted by atomic mass is 16.5. The number of carbonyl (C=O) groups is 1. The summed E-state index contributed by atoms with van der Waals surface area (Å²) in [5, 5.41) is 2.77. The van der Waals surface area contributed by atoms with Gasteiger partial charge in [0, 0.05) is 5.56 Å². The third kappa shape index (κ3) is 2.16. The second-order valence-electron chi connectivity index (χ2n) is 3.96. The van der Waals surface area contributed by atoms with Crippen LogP contribution in [0, 0.1) is 0 Å². The van der Waals surface area contributed by atoms with Crippen molar-refractivity contribution in [1.29, 1.82) is 0 Å². The Morgan fingerprint density at radius 3 is 2.56 bits per heavy atom. The molecular formula is C13H16N2O3. The summed E-state index contributed by atoms with van der Waals surface area (Å²) >= 11 is 0. The normalized spacial score (nSPS) is 18.3. The highest BCUT2D eigenvalue weighted by Gasteiger charge is 2.25. The minimum absolute atomic E-state index is 0.0534. The zero-order chi connectivity index (χ0) is 13.1. The third-order valence-corrected chi connectivity index (χ3v) is 2.87. The van der Waals surface area contributed by atoms with Gasteiger partial charge in [-0.2, -0.15) is 0 Å². The number of rotatable bonds is 4. The Hall–Kier alpha value is -2.04. The Bertz CT molecular complexity index is 497. The van der Waals surface area contributed by atoms with Gasteiger partial charge in [-0.3, -0.25) is 9.79 Å². The number of methoxy groups -OCH3 is 2. The van der Waals surface area contributed by atoms with Crippen LogP contribution < -0.4 is 14.8 Å². The molecule has 0 aliphatic carbocycles. The van der Waals surface area contributed by atoms with Gasteiger partial charge < -0.3 is 14.8 Å². The fourth-order valence-corrected chi connectivity index (χ4v) is 1.85. The molecule has 1 aromatic carbocycles. The first-order chi connectivity index (χ1) is 8.69. The average Bonchev–Trinajstić information content (AvgIpc) is 2.79. The van der Waals surface area contributed by atoms with Gasteiger partial charge in [-0.1, -0.05) is 6.92 Å². The van der Waals surface area contributed by atoms with E-state index in [1.807, 2.05) is 13.0 Å². The molecule has 18 heavy (non-hydrogen) atoms. The lowest BCUT2D eigenvalue weighted by Gasteiger charge is -2.09. The number of hydrogen-bond acceptors (Lipinski definition) is 4. The Balaban J connectivity index is 2.32. The first-order valence-electron chi connectivity index (χ1n) is 5.80. The Kier molecular flexibility index (Phi) is 3.50. The van der Waals surface area contributed by atoms with Crippen LogP contribution in [0.2, 0.25) is 0 Å². The van der Waals surface area contributed by atoms with Gasteiger partial charge in [-0.05, 0) is 24.6 Å². The van der Waals surface area contributed by atoms with Crippen molar-refractivity contribution in [3.8, 4) is 11.5 Å². The first kappa shape index (κ1) is 12.4. The number of aliphatic imine (C=N–C) groups is 1. The predicted molar refractivity (Wildman–Crippen MR) is 68.3 cm³/mol. The molecule has 1 N–H and O–H groups in total. The van der Waals surface area contributed by atoms with Gasteiger partial charge in [-0.15, -0.1) is 0 Å². The summed E-state index contributed by atoms with van der Waals surface area (Å²) in [5.74, 6) is 1.81. The molecule has 1 aromatic rings. The molecule has 0 aromatic heterocycles. The van der Waals surface area contributed by atoms with E-state index in [-0.39, 0.29) is 11.9 Å². The largest absolute Gasteiger partial charge is 0.493 e. The molecule has 0 saturated heterocycles. The molecule has 0 fully saturated rings. The number of benzene rings is 1. The zero-order valence-corrected chi connectivity index (χ0v) is 10.7. The molecule has 1 aliphatic rings. The third-order valence-electron chi connectivity index (χ3n) is 2.87. The Morgan fingerprint density at radius 2 is 2.00 bits per heavy atom. The van der Waals surface area contributed by atoms with Gasteiger partial charge in [0.05, 0.1) is 14.2 Å². The van der Waals surface area contributed by atoms with Gasteiger partial charge >= 0.3 is 0 Å². The fourth-order valence-electron chi connectivity index (χ4n) is 1.85. The molecule has 1 aliphatic heterocycles. The van der Waals surface area contributed by atoms with Crippen molar-refractivity contribution in [2.75, 3.05) is 14.2 Å². The molecule has 1 heterocycles. The van der Waals surface area contributed by atoms with Gasteiger partial charge in [0.2, 0.25) is 5.91 Å². The lowest BCUT2D eigenvalue weighted by atomic mass is 10.2. The smallest absolute Gasteiger partial charge is 0.250 e. The minimum Gasteiger partial charge on any atom is -0.493 e. The van der Waals surface area contributed by atoms with Crippen molar-refractivity contribution >= 4 is 11.7 Å². The second-order valence-corrected chi connectivity index (χ2v) is 3.96. The Morgan fingerprint density at radius 1 is 1.28 bits per heavy atom. The molecule has 0 spiro atoms. The number of amidine groups is 1. The number of amides is 1. The van der Waals surface area contributed by atoms with E-state index < -0.39 is 0 Å². The summed E-state index contributed by atoms with van der Waals surface area (Å²) < 4.78 is 10.4. The molecule has 5 heteroatoms. The molecule has 1 amide bonds. The van der Waals surface area contributed by atoms with Crippen LogP contribution in [0.5, 0.6) is 11.5 Å². The SMILES string of the molecule is CCC1N=C(c2ccc(OC)c(OC)c2)NC1=O. The summed E-state index contributed by atoms with van der Waals surface area (Å²) in [7, 11) is 3.16. The van der Waals surface area contributed by atoms with Crippen LogP contribution >= 0.6 is 0 Å². The van der Waals surface area contributed by atoms with Gasteiger partial charge in [0.1, 0.15) is 11.9 Å². The second kappa shape index (κ2) is 5.08. The van der Waals surface area contributed by atoms with Crippen LogP contribution in [-0.4, -0.2) is 32.0 Å². The van der Waals surface area contributed by atoms with Crippen LogP contribution in [0.15, 0.2) is 23.2 Å². The standard InChI is InChI=1S/C13H16N2O3/c1-4-9-13(16)15-12(14-9)8-5-6-10(17-2)11(7-8)18-3/h5-7,9H,4H2,1-3H3,(H,14,15,16). The van der Waals surface area contributed by atoms with Gasteiger partial charge in [0.15, 0.2) is 11.5 Å². The van der Waals surface area contributed by atoms with E-state index in [1.165, 1.54) is 0 Å². The van der Waals surface area contributed by atoms with E-state index in [2.05, 4.69) is 10.3 Å². The maximum absolute atomic E-state index is 11.6. The summed E-state index contributed by atoms with van der Waals surface area (Å²) in [4.78, 5) is 15.9. The number of ether oxygens (including phenoxy) is 2. The molecule has 0 bridgehead atoms. The summed E-state index contributed by atoms with van der Waals surface area (Å²) in [6.07, 6.45) is 0.697.